The molecular weight excluding hydrogens is 315 g/mol. The highest BCUT2D eigenvalue weighted by molar-refractivity contribution is 5.76. The highest BCUT2D eigenvalue weighted by Gasteiger charge is 2.24. The van der Waals surface area contributed by atoms with Crippen molar-refractivity contribution in [3.8, 4) is 0 Å². The minimum absolute atomic E-state index is 0.0156. The Hall–Kier alpha value is -2.36. The number of para-hydroxylation sites is 1. The molecule has 0 aromatic heterocycles. The van der Waals surface area contributed by atoms with E-state index in [-0.39, 0.29) is 11.7 Å². The number of amides is 1. The lowest BCUT2D eigenvalue weighted by molar-refractivity contribution is -0.121. The van der Waals surface area contributed by atoms with Crippen LogP contribution in [0.3, 0.4) is 0 Å². The average Bonchev–Trinajstić information content (AvgIpc) is 2.93. The highest BCUT2D eigenvalue weighted by Crippen LogP contribution is 2.31. The van der Waals surface area contributed by atoms with Gasteiger partial charge in [0.25, 0.3) is 0 Å². The predicted octanol–water partition coefficient (Wildman–Crippen LogP) is 3.72. The molecule has 0 bridgehead atoms. The van der Waals surface area contributed by atoms with Gasteiger partial charge in [0, 0.05) is 31.2 Å². The van der Waals surface area contributed by atoms with Crippen LogP contribution in [-0.4, -0.2) is 25.0 Å². The Kier molecular flexibility index (Phi) is 5.69. The predicted molar refractivity (Wildman–Crippen MR) is 99.3 cm³/mol. The molecule has 0 spiro atoms. The molecule has 1 atom stereocenters. The van der Waals surface area contributed by atoms with Gasteiger partial charge in [0.05, 0.1) is 0 Å². The van der Waals surface area contributed by atoms with Gasteiger partial charge in [-0.3, -0.25) is 4.79 Å². The van der Waals surface area contributed by atoms with E-state index in [1.807, 2.05) is 0 Å². The van der Waals surface area contributed by atoms with Gasteiger partial charge in [-0.05, 0) is 49.4 Å². The lowest BCUT2D eigenvalue weighted by atomic mass is 10.1. The molecule has 0 unspecified atom stereocenters. The number of halogens is 1. The maximum Gasteiger partial charge on any atom is 0.220 e. The molecule has 132 valence electrons. The van der Waals surface area contributed by atoms with Gasteiger partial charge in [-0.1, -0.05) is 36.4 Å². The first-order valence-electron chi connectivity index (χ1n) is 9.00. The molecule has 0 saturated heterocycles. The van der Waals surface area contributed by atoms with Crippen LogP contribution in [0, 0.1) is 5.82 Å². The van der Waals surface area contributed by atoms with E-state index in [1.165, 1.54) is 17.3 Å². The zero-order valence-corrected chi connectivity index (χ0v) is 14.7. The quantitative estimate of drug-likeness (QED) is 0.779. The number of fused-ring (bicyclic) bond motifs is 1. The summed E-state index contributed by atoms with van der Waals surface area (Å²) in [6, 6.07) is 15.7. The molecule has 0 radical (unpaired) electrons. The summed E-state index contributed by atoms with van der Waals surface area (Å²) in [5, 5.41) is 2.95. The zero-order valence-electron chi connectivity index (χ0n) is 14.7. The van der Waals surface area contributed by atoms with Gasteiger partial charge < -0.3 is 10.2 Å². The van der Waals surface area contributed by atoms with Crippen molar-refractivity contribution in [1.29, 1.82) is 0 Å². The molecular formula is C21H25FN2O. The molecule has 3 nitrogen and oxygen atoms in total. The van der Waals surface area contributed by atoms with E-state index in [1.54, 1.807) is 18.2 Å². The van der Waals surface area contributed by atoms with Crippen LogP contribution >= 0.6 is 0 Å². The van der Waals surface area contributed by atoms with Crippen LogP contribution in [0.1, 0.15) is 30.9 Å². The summed E-state index contributed by atoms with van der Waals surface area (Å²) < 4.78 is 13.5. The van der Waals surface area contributed by atoms with Crippen LogP contribution in [0.4, 0.5) is 10.1 Å². The number of nitrogens with zero attached hydrogens (tertiary/aromatic N) is 1. The van der Waals surface area contributed by atoms with Crippen LogP contribution in [0.15, 0.2) is 48.5 Å². The van der Waals surface area contributed by atoms with Crippen molar-refractivity contribution in [2.45, 2.75) is 38.6 Å². The molecule has 3 rings (SSSR count). The smallest absolute Gasteiger partial charge is 0.220 e. The largest absolute Gasteiger partial charge is 0.368 e. The first kappa shape index (κ1) is 17.5. The number of carbonyl (C=O) groups excluding carboxylic acids is 1. The summed E-state index contributed by atoms with van der Waals surface area (Å²) in [4.78, 5) is 14.4. The molecule has 1 N–H and O–H groups in total. The fourth-order valence-corrected chi connectivity index (χ4v) is 3.49. The summed E-state index contributed by atoms with van der Waals surface area (Å²) in [5.41, 5.74) is 3.32. The van der Waals surface area contributed by atoms with Gasteiger partial charge >= 0.3 is 0 Å². The highest BCUT2D eigenvalue weighted by atomic mass is 19.1. The van der Waals surface area contributed by atoms with E-state index in [9.17, 15) is 9.18 Å². The van der Waals surface area contributed by atoms with Gasteiger partial charge in [-0.2, -0.15) is 0 Å². The Morgan fingerprint density at radius 2 is 1.96 bits per heavy atom. The van der Waals surface area contributed by atoms with Crippen molar-refractivity contribution >= 4 is 11.6 Å². The first-order chi connectivity index (χ1) is 12.1. The SMILES string of the molecule is C[C@H]1Cc2ccccc2N1CCCNC(=O)CCc1ccccc1F. The Bertz CT molecular complexity index is 731. The summed E-state index contributed by atoms with van der Waals surface area (Å²) >= 11 is 0. The fraction of sp³-hybridized carbons (Fsp3) is 0.381. The third-order valence-corrected chi connectivity index (χ3v) is 4.83. The minimum Gasteiger partial charge on any atom is -0.368 e. The summed E-state index contributed by atoms with van der Waals surface area (Å²) in [6.07, 6.45) is 2.76. The fourth-order valence-electron chi connectivity index (χ4n) is 3.49. The molecule has 1 amide bonds. The number of nitrogens with one attached hydrogen (secondary N) is 1. The molecule has 1 aliphatic rings. The zero-order chi connectivity index (χ0) is 17.6. The van der Waals surface area contributed by atoms with E-state index in [0.29, 0.717) is 31.0 Å². The topological polar surface area (TPSA) is 32.3 Å². The molecule has 25 heavy (non-hydrogen) atoms. The van der Waals surface area contributed by atoms with Crippen molar-refractivity contribution in [3.63, 3.8) is 0 Å². The number of anilines is 1. The van der Waals surface area contributed by atoms with Crippen LogP contribution in [0.5, 0.6) is 0 Å². The number of hydrogen-bond donors (Lipinski definition) is 1. The van der Waals surface area contributed by atoms with Crippen molar-refractivity contribution in [1.82, 2.24) is 5.32 Å². The molecule has 2 aromatic rings. The molecule has 0 fully saturated rings. The van der Waals surface area contributed by atoms with Crippen molar-refractivity contribution in [3.05, 3.63) is 65.5 Å². The van der Waals surface area contributed by atoms with E-state index in [4.69, 9.17) is 0 Å². The summed E-state index contributed by atoms with van der Waals surface area (Å²) in [6.45, 7) is 3.83. The normalized spacial score (nSPS) is 15.9. The van der Waals surface area contributed by atoms with Gasteiger partial charge in [0.15, 0.2) is 0 Å². The molecule has 0 saturated carbocycles. The van der Waals surface area contributed by atoms with E-state index >= 15 is 0 Å². The molecule has 1 aliphatic heterocycles. The molecule has 4 heteroatoms. The standard InChI is InChI=1S/C21H25FN2O/c1-16-15-18-8-3-5-10-20(18)24(16)14-6-13-23-21(25)12-11-17-7-2-4-9-19(17)22/h2-5,7-10,16H,6,11-15H2,1H3,(H,23,25)/t16-/m0/s1. The van der Waals surface area contributed by atoms with E-state index < -0.39 is 0 Å². The molecule has 2 aromatic carbocycles. The monoisotopic (exact) mass is 340 g/mol. The number of aryl methyl sites for hydroxylation is 1. The Balaban J connectivity index is 1.39. The van der Waals surface area contributed by atoms with Crippen molar-refractivity contribution < 1.29 is 9.18 Å². The van der Waals surface area contributed by atoms with E-state index in [2.05, 4.69) is 41.4 Å². The second-order valence-electron chi connectivity index (χ2n) is 6.67. The third kappa shape index (κ3) is 4.38. The number of carbonyl (C=O) groups is 1. The minimum atomic E-state index is -0.239. The molecule has 0 aliphatic carbocycles. The van der Waals surface area contributed by atoms with Gasteiger partial charge in [0.1, 0.15) is 5.82 Å². The lowest BCUT2D eigenvalue weighted by Crippen LogP contribution is -2.33. The van der Waals surface area contributed by atoms with Crippen LogP contribution in [0.2, 0.25) is 0 Å². The molecule has 1 heterocycles. The average molecular weight is 340 g/mol. The van der Waals surface area contributed by atoms with Crippen molar-refractivity contribution in [2.75, 3.05) is 18.0 Å². The van der Waals surface area contributed by atoms with Gasteiger partial charge in [0.2, 0.25) is 5.91 Å². The number of rotatable bonds is 7. The van der Waals surface area contributed by atoms with Gasteiger partial charge in [-0.15, -0.1) is 0 Å². The summed E-state index contributed by atoms with van der Waals surface area (Å²) in [5.74, 6) is -0.255. The second kappa shape index (κ2) is 8.15. The second-order valence-corrected chi connectivity index (χ2v) is 6.67. The maximum absolute atomic E-state index is 13.5. The van der Waals surface area contributed by atoms with Crippen LogP contribution < -0.4 is 10.2 Å². The van der Waals surface area contributed by atoms with E-state index in [0.717, 1.165) is 19.4 Å². The van der Waals surface area contributed by atoms with Crippen LogP contribution in [0.25, 0.3) is 0 Å². The third-order valence-electron chi connectivity index (χ3n) is 4.83. The lowest BCUT2D eigenvalue weighted by Gasteiger charge is -2.24. The Labute approximate surface area is 148 Å². The first-order valence-corrected chi connectivity index (χ1v) is 9.00. The number of benzene rings is 2. The Morgan fingerprint density at radius 1 is 1.20 bits per heavy atom. The number of hydrogen-bond acceptors (Lipinski definition) is 2. The van der Waals surface area contributed by atoms with Crippen molar-refractivity contribution in [2.24, 2.45) is 0 Å². The summed E-state index contributed by atoms with van der Waals surface area (Å²) in [7, 11) is 0. The van der Waals surface area contributed by atoms with Gasteiger partial charge in [-0.25, -0.2) is 4.39 Å². The van der Waals surface area contributed by atoms with Crippen LogP contribution in [-0.2, 0) is 17.6 Å². The Morgan fingerprint density at radius 3 is 2.80 bits per heavy atom. The maximum atomic E-state index is 13.5.